The first-order valence-corrected chi connectivity index (χ1v) is 6.25. The summed E-state index contributed by atoms with van der Waals surface area (Å²) >= 11 is 0. The highest BCUT2D eigenvalue weighted by atomic mass is 15.1. The summed E-state index contributed by atoms with van der Waals surface area (Å²) in [6.45, 7) is 3.51. The van der Waals surface area contributed by atoms with Crippen molar-refractivity contribution in [2.75, 3.05) is 33.7 Å². The zero-order valence-electron chi connectivity index (χ0n) is 10.4. The number of nitrogens with one attached hydrogen (secondary N) is 2. The minimum Gasteiger partial charge on any atom is -0.367 e. The van der Waals surface area contributed by atoms with Crippen LogP contribution < -0.4 is 5.32 Å². The fourth-order valence-corrected chi connectivity index (χ4v) is 2.73. The average Bonchev–Trinajstić information content (AvgIpc) is 2.80. The zero-order chi connectivity index (χ0) is 11.4. The van der Waals surface area contributed by atoms with Crippen molar-refractivity contribution in [2.45, 2.75) is 18.8 Å². The third-order valence-corrected chi connectivity index (χ3v) is 3.56. The molecule has 90 valence electrons. The first-order valence-electron chi connectivity index (χ1n) is 6.25. The van der Waals surface area contributed by atoms with Gasteiger partial charge in [0.2, 0.25) is 0 Å². The van der Waals surface area contributed by atoms with Gasteiger partial charge in [0.05, 0.1) is 0 Å². The van der Waals surface area contributed by atoms with Gasteiger partial charge in [-0.05, 0) is 57.6 Å². The molecule has 2 heterocycles. The molecule has 1 aromatic heterocycles. The molecule has 1 aromatic rings. The topological polar surface area (TPSA) is 31.1 Å². The predicted octanol–water partition coefficient (Wildman–Crippen LogP) is 1.66. The molecule has 0 aromatic carbocycles. The lowest BCUT2D eigenvalue weighted by Crippen LogP contribution is -2.34. The standard InChI is InChI=1S/C13H23N3/c1-16(2)10-13(12-5-8-15-9-12)11-3-6-14-7-4-11/h5,8-9,11,13-15H,3-4,6-7,10H2,1-2H3. The van der Waals surface area contributed by atoms with E-state index in [0.717, 1.165) is 12.5 Å². The summed E-state index contributed by atoms with van der Waals surface area (Å²) in [5, 5.41) is 3.45. The van der Waals surface area contributed by atoms with Crippen molar-refractivity contribution < 1.29 is 0 Å². The Kier molecular flexibility index (Phi) is 4.02. The van der Waals surface area contributed by atoms with E-state index in [9.17, 15) is 0 Å². The Balaban J connectivity index is 2.07. The molecule has 3 nitrogen and oxygen atoms in total. The van der Waals surface area contributed by atoms with Crippen molar-refractivity contribution >= 4 is 0 Å². The molecule has 1 atom stereocenters. The summed E-state index contributed by atoms with van der Waals surface area (Å²) in [7, 11) is 4.33. The lowest BCUT2D eigenvalue weighted by Gasteiger charge is -2.32. The van der Waals surface area contributed by atoms with Crippen molar-refractivity contribution in [3.63, 3.8) is 0 Å². The summed E-state index contributed by atoms with van der Waals surface area (Å²) in [5.41, 5.74) is 1.47. The molecule has 1 aliphatic heterocycles. The van der Waals surface area contributed by atoms with Gasteiger partial charge in [-0.15, -0.1) is 0 Å². The summed E-state index contributed by atoms with van der Waals surface area (Å²) in [5.74, 6) is 1.52. The number of aromatic nitrogens is 1. The highest BCUT2D eigenvalue weighted by Crippen LogP contribution is 2.31. The van der Waals surface area contributed by atoms with Crippen LogP contribution in [0, 0.1) is 5.92 Å². The number of hydrogen-bond donors (Lipinski definition) is 2. The minimum atomic E-state index is 0.684. The smallest absolute Gasteiger partial charge is 0.00474 e. The van der Waals surface area contributed by atoms with Crippen molar-refractivity contribution in [1.29, 1.82) is 0 Å². The molecule has 0 saturated carbocycles. The van der Waals surface area contributed by atoms with Gasteiger partial charge in [0.25, 0.3) is 0 Å². The fraction of sp³-hybridized carbons (Fsp3) is 0.692. The Labute approximate surface area is 98.2 Å². The lowest BCUT2D eigenvalue weighted by atomic mass is 9.81. The van der Waals surface area contributed by atoms with E-state index in [1.807, 2.05) is 6.20 Å². The summed E-state index contributed by atoms with van der Waals surface area (Å²) in [6.07, 6.45) is 6.82. The van der Waals surface area contributed by atoms with Crippen LogP contribution in [0.25, 0.3) is 0 Å². The van der Waals surface area contributed by atoms with Crippen molar-refractivity contribution in [3.05, 3.63) is 24.0 Å². The SMILES string of the molecule is CN(C)CC(c1cc[nH]c1)C1CCNCC1. The summed E-state index contributed by atoms with van der Waals surface area (Å²) in [4.78, 5) is 5.49. The van der Waals surface area contributed by atoms with Crippen LogP contribution in [0.5, 0.6) is 0 Å². The number of nitrogens with zero attached hydrogens (tertiary/aromatic N) is 1. The Hall–Kier alpha value is -0.800. The van der Waals surface area contributed by atoms with E-state index < -0.39 is 0 Å². The van der Waals surface area contributed by atoms with E-state index >= 15 is 0 Å². The molecule has 1 unspecified atom stereocenters. The van der Waals surface area contributed by atoms with Crippen LogP contribution in [-0.2, 0) is 0 Å². The molecule has 1 aliphatic rings. The molecule has 0 spiro atoms. The Bertz CT molecular complexity index is 286. The monoisotopic (exact) mass is 221 g/mol. The summed E-state index contributed by atoms with van der Waals surface area (Å²) < 4.78 is 0. The van der Waals surface area contributed by atoms with Crippen LogP contribution in [0.4, 0.5) is 0 Å². The van der Waals surface area contributed by atoms with Crippen LogP contribution >= 0.6 is 0 Å². The van der Waals surface area contributed by atoms with Crippen LogP contribution in [0.1, 0.15) is 24.3 Å². The van der Waals surface area contributed by atoms with Gasteiger partial charge in [-0.3, -0.25) is 0 Å². The number of aromatic amines is 1. The van der Waals surface area contributed by atoms with Gasteiger partial charge in [0, 0.05) is 24.9 Å². The van der Waals surface area contributed by atoms with E-state index in [-0.39, 0.29) is 0 Å². The number of likely N-dealkylation sites (N-methyl/N-ethyl adjacent to an activating group) is 1. The maximum atomic E-state index is 3.45. The lowest BCUT2D eigenvalue weighted by molar-refractivity contribution is 0.262. The molecule has 3 heteroatoms. The third kappa shape index (κ3) is 2.86. The van der Waals surface area contributed by atoms with E-state index in [2.05, 4.69) is 41.6 Å². The van der Waals surface area contributed by atoms with Gasteiger partial charge in [0.1, 0.15) is 0 Å². The highest BCUT2D eigenvalue weighted by molar-refractivity contribution is 5.17. The van der Waals surface area contributed by atoms with Crippen molar-refractivity contribution in [3.8, 4) is 0 Å². The molecule has 2 rings (SSSR count). The molecular weight excluding hydrogens is 198 g/mol. The molecule has 0 aliphatic carbocycles. The highest BCUT2D eigenvalue weighted by Gasteiger charge is 2.25. The predicted molar refractivity (Wildman–Crippen MR) is 67.7 cm³/mol. The zero-order valence-corrected chi connectivity index (χ0v) is 10.4. The first-order chi connectivity index (χ1) is 7.77. The first kappa shape index (κ1) is 11.7. The van der Waals surface area contributed by atoms with Gasteiger partial charge in [-0.25, -0.2) is 0 Å². The second kappa shape index (κ2) is 5.51. The van der Waals surface area contributed by atoms with Crippen molar-refractivity contribution in [1.82, 2.24) is 15.2 Å². The van der Waals surface area contributed by atoms with E-state index in [1.54, 1.807) is 0 Å². The van der Waals surface area contributed by atoms with Crippen molar-refractivity contribution in [2.24, 2.45) is 5.92 Å². The van der Waals surface area contributed by atoms with Gasteiger partial charge < -0.3 is 15.2 Å². The Morgan fingerprint density at radius 2 is 2.12 bits per heavy atom. The molecule has 0 bridgehead atoms. The maximum Gasteiger partial charge on any atom is 0.00474 e. The fourth-order valence-electron chi connectivity index (χ4n) is 2.73. The molecule has 16 heavy (non-hydrogen) atoms. The quantitative estimate of drug-likeness (QED) is 0.810. The molecule has 2 N–H and O–H groups in total. The van der Waals surface area contributed by atoms with E-state index in [1.165, 1.54) is 31.5 Å². The van der Waals surface area contributed by atoms with Crippen LogP contribution in [0.2, 0.25) is 0 Å². The number of hydrogen-bond acceptors (Lipinski definition) is 2. The Morgan fingerprint density at radius 1 is 1.38 bits per heavy atom. The molecule has 0 radical (unpaired) electrons. The van der Waals surface area contributed by atoms with Crippen LogP contribution in [-0.4, -0.2) is 43.6 Å². The van der Waals surface area contributed by atoms with Gasteiger partial charge in [-0.2, -0.15) is 0 Å². The van der Waals surface area contributed by atoms with Gasteiger partial charge in [0.15, 0.2) is 0 Å². The number of rotatable bonds is 4. The van der Waals surface area contributed by atoms with E-state index in [4.69, 9.17) is 0 Å². The largest absolute Gasteiger partial charge is 0.367 e. The van der Waals surface area contributed by atoms with Crippen LogP contribution in [0.3, 0.4) is 0 Å². The van der Waals surface area contributed by atoms with E-state index in [0.29, 0.717) is 5.92 Å². The number of H-pyrrole nitrogens is 1. The number of piperidine rings is 1. The molecule has 0 amide bonds. The second-order valence-electron chi connectivity index (χ2n) is 5.10. The Morgan fingerprint density at radius 3 is 2.69 bits per heavy atom. The molecule has 1 saturated heterocycles. The third-order valence-electron chi connectivity index (χ3n) is 3.56. The minimum absolute atomic E-state index is 0.684. The maximum absolute atomic E-state index is 3.45. The second-order valence-corrected chi connectivity index (χ2v) is 5.10. The van der Waals surface area contributed by atoms with Crippen LogP contribution in [0.15, 0.2) is 18.5 Å². The normalized spacial score (nSPS) is 20.2. The molecular formula is C13H23N3. The van der Waals surface area contributed by atoms with Gasteiger partial charge in [-0.1, -0.05) is 0 Å². The summed E-state index contributed by atoms with van der Waals surface area (Å²) in [6, 6.07) is 2.23. The van der Waals surface area contributed by atoms with Gasteiger partial charge >= 0.3 is 0 Å². The average molecular weight is 221 g/mol. The molecule has 1 fully saturated rings.